The van der Waals surface area contributed by atoms with Crippen LogP contribution in [0.5, 0.6) is 0 Å². The molecule has 0 spiro atoms. The molecule has 0 saturated carbocycles. The van der Waals surface area contributed by atoms with Crippen molar-refractivity contribution >= 4 is 10.0 Å². The minimum absolute atomic E-state index is 0.0112. The van der Waals surface area contributed by atoms with Gasteiger partial charge < -0.3 is 9.73 Å². The van der Waals surface area contributed by atoms with Crippen LogP contribution in [0.3, 0.4) is 0 Å². The van der Waals surface area contributed by atoms with E-state index in [0.29, 0.717) is 13.0 Å². The molecule has 0 bridgehead atoms. The Morgan fingerprint density at radius 3 is 2.67 bits per heavy atom. The summed E-state index contributed by atoms with van der Waals surface area (Å²) in [6.45, 7) is 1.06. The number of furan rings is 1. The zero-order valence-electron chi connectivity index (χ0n) is 12.0. The molecule has 2 aromatic rings. The minimum atomic E-state index is -3.33. The van der Waals surface area contributed by atoms with E-state index in [-0.39, 0.29) is 5.75 Å². The van der Waals surface area contributed by atoms with Gasteiger partial charge in [0, 0.05) is 19.5 Å². The van der Waals surface area contributed by atoms with E-state index >= 15 is 0 Å². The quantitative estimate of drug-likeness (QED) is 0.778. The summed E-state index contributed by atoms with van der Waals surface area (Å²) in [6.07, 6.45) is 2.13. The Morgan fingerprint density at radius 2 is 1.95 bits per heavy atom. The van der Waals surface area contributed by atoms with Crippen LogP contribution < -0.4 is 10.0 Å². The van der Waals surface area contributed by atoms with Gasteiger partial charge in [0.05, 0.1) is 12.0 Å². The summed E-state index contributed by atoms with van der Waals surface area (Å²) in [4.78, 5) is 0. The van der Waals surface area contributed by atoms with Gasteiger partial charge in [-0.1, -0.05) is 24.3 Å². The van der Waals surface area contributed by atoms with Crippen molar-refractivity contribution in [3.05, 3.63) is 59.5 Å². The third-order valence-corrected chi connectivity index (χ3v) is 4.36. The molecule has 0 amide bonds. The average molecular weight is 308 g/mol. The molecule has 0 aliphatic carbocycles. The first kappa shape index (κ1) is 15.8. The Hall–Kier alpha value is -1.63. The molecular weight excluding hydrogens is 288 g/mol. The molecule has 6 heteroatoms. The maximum absolute atomic E-state index is 12.0. The summed E-state index contributed by atoms with van der Waals surface area (Å²) in [5.41, 5.74) is 1.86. The number of benzene rings is 1. The number of hydrogen-bond donors (Lipinski definition) is 2. The fourth-order valence-corrected chi connectivity index (χ4v) is 3.22. The highest BCUT2D eigenvalue weighted by molar-refractivity contribution is 7.88. The molecule has 2 N–H and O–H groups in total. The van der Waals surface area contributed by atoms with Gasteiger partial charge in [-0.25, -0.2) is 13.1 Å². The van der Waals surface area contributed by atoms with Crippen LogP contribution in [-0.2, 0) is 28.7 Å². The van der Waals surface area contributed by atoms with Crippen molar-refractivity contribution in [1.82, 2.24) is 10.0 Å². The second-order valence-corrected chi connectivity index (χ2v) is 6.64. The van der Waals surface area contributed by atoms with Crippen LogP contribution in [0.15, 0.2) is 47.1 Å². The molecule has 21 heavy (non-hydrogen) atoms. The smallest absolute Gasteiger partial charge is 0.215 e. The van der Waals surface area contributed by atoms with Crippen LogP contribution in [-0.4, -0.2) is 22.0 Å². The molecule has 1 aromatic carbocycles. The van der Waals surface area contributed by atoms with Crippen LogP contribution in [0.2, 0.25) is 0 Å². The standard InChI is InChI=1S/C15H20N2O3S/c1-16-11-13-4-2-5-14(10-13)12-21(18,19)17-8-7-15-6-3-9-20-15/h2-6,9-10,16-17H,7-8,11-12H2,1H3. The average Bonchev–Trinajstić information content (AvgIpc) is 2.92. The predicted octanol–water partition coefficient (Wildman–Crippen LogP) is 1.66. The van der Waals surface area contributed by atoms with E-state index in [0.717, 1.165) is 23.4 Å². The molecule has 1 heterocycles. The topological polar surface area (TPSA) is 71.3 Å². The number of rotatable bonds is 8. The largest absolute Gasteiger partial charge is 0.469 e. The Kier molecular flexibility index (Phi) is 5.55. The van der Waals surface area contributed by atoms with Crippen molar-refractivity contribution in [3.8, 4) is 0 Å². The van der Waals surface area contributed by atoms with Gasteiger partial charge in [-0.2, -0.15) is 0 Å². The normalized spacial score (nSPS) is 11.7. The zero-order valence-corrected chi connectivity index (χ0v) is 12.8. The Labute approximate surface area is 125 Å². The number of hydrogen-bond acceptors (Lipinski definition) is 4. The van der Waals surface area contributed by atoms with Crippen molar-refractivity contribution in [3.63, 3.8) is 0 Å². The summed E-state index contributed by atoms with van der Waals surface area (Å²) >= 11 is 0. The van der Waals surface area contributed by atoms with Crippen LogP contribution >= 0.6 is 0 Å². The van der Waals surface area contributed by atoms with Crippen molar-refractivity contribution < 1.29 is 12.8 Å². The van der Waals surface area contributed by atoms with Gasteiger partial charge in [0.15, 0.2) is 0 Å². The lowest BCUT2D eigenvalue weighted by Crippen LogP contribution is -2.27. The Bertz CT molecular complexity index is 651. The molecule has 114 valence electrons. The van der Waals surface area contributed by atoms with E-state index in [4.69, 9.17) is 4.42 Å². The Morgan fingerprint density at radius 1 is 1.14 bits per heavy atom. The molecule has 5 nitrogen and oxygen atoms in total. The molecule has 1 aromatic heterocycles. The van der Waals surface area contributed by atoms with Crippen LogP contribution in [0.25, 0.3) is 0 Å². The second kappa shape index (κ2) is 7.40. The van der Waals surface area contributed by atoms with Crippen molar-refractivity contribution in [2.24, 2.45) is 0 Å². The summed E-state index contributed by atoms with van der Waals surface area (Å²) in [5, 5.41) is 3.05. The monoisotopic (exact) mass is 308 g/mol. The molecule has 2 rings (SSSR count). The Balaban J connectivity index is 1.89. The number of sulfonamides is 1. The van der Waals surface area contributed by atoms with Gasteiger partial charge in [-0.3, -0.25) is 0 Å². The van der Waals surface area contributed by atoms with E-state index in [1.54, 1.807) is 12.3 Å². The van der Waals surface area contributed by atoms with E-state index in [1.807, 2.05) is 37.4 Å². The van der Waals surface area contributed by atoms with Gasteiger partial charge >= 0.3 is 0 Å². The van der Waals surface area contributed by atoms with E-state index in [2.05, 4.69) is 10.0 Å². The fraction of sp³-hybridized carbons (Fsp3) is 0.333. The minimum Gasteiger partial charge on any atom is -0.469 e. The highest BCUT2D eigenvalue weighted by atomic mass is 32.2. The van der Waals surface area contributed by atoms with Crippen LogP contribution in [0.1, 0.15) is 16.9 Å². The zero-order chi connectivity index (χ0) is 15.1. The highest BCUT2D eigenvalue weighted by Gasteiger charge is 2.11. The summed E-state index contributed by atoms with van der Waals surface area (Å²) < 4.78 is 31.8. The van der Waals surface area contributed by atoms with Gasteiger partial charge in [0.1, 0.15) is 5.76 Å². The van der Waals surface area contributed by atoms with Gasteiger partial charge in [-0.05, 0) is 30.3 Å². The van der Waals surface area contributed by atoms with Gasteiger partial charge in [0.25, 0.3) is 0 Å². The van der Waals surface area contributed by atoms with E-state index in [1.165, 1.54) is 0 Å². The highest BCUT2D eigenvalue weighted by Crippen LogP contribution is 2.09. The fourth-order valence-electron chi connectivity index (χ4n) is 2.09. The molecular formula is C15H20N2O3S. The second-order valence-electron chi connectivity index (χ2n) is 4.83. The molecule has 0 radical (unpaired) electrons. The van der Waals surface area contributed by atoms with E-state index < -0.39 is 10.0 Å². The van der Waals surface area contributed by atoms with Crippen molar-refractivity contribution in [2.75, 3.05) is 13.6 Å². The molecule has 0 aliphatic heterocycles. The van der Waals surface area contributed by atoms with Crippen molar-refractivity contribution in [1.29, 1.82) is 0 Å². The predicted molar refractivity (Wildman–Crippen MR) is 82.2 cm³/mol. The lowest BCUT2D eigenvalue weighted by Gasteiger charge is -2.07. The molecule has 0 saturated heterocycles. The molecule has 0 atom stereocenters. The summed E-state index contributed by atoms with van der Waals surface area (Å²) in [6, 6.07) is 11.2. The van der Waals surface area contributed by atoms with Crippen LogP contribution in [0.4, 0.5) is 0 Å². The molecule has 0 fully saturated rings. The number of nitrogens with one attached hydrogen (secondary N) is 2. The first-order valence-electron chi connectivity index (χ1n) is 6.81. The SMILES string of the molecule is CNCc1cccc(CS(=O)(=O)NCCc2ccco2)c1. The van der Waals surface area contributed by atoms with Gasteiger partial charge in [-0.15, -0.1) is 0 Å². The van der Waals surface area contributed by atoms with Crippen LogP contribution in [0, 0.1) is 0 Å². The summed E-state index contributed by atoms with van der Waals surface area (Å²) in [5.74, 6) is 0.761. The maximum atomic E-state index is 12.0. The molecule has 0 aliphatic rings. The van der Waals surface area contributed by atoms with E-state index in [9.17, 15) is 8.42 Å². The first-order chi connectivity index (χ1) is 10.1. The maximum Gasteiger partial charge on any atom is 0.215 e. The lowest BCUT2D eigenvalue weighted by molar-refractivity contribution is 0.506. The third-order valence-electron chi connectivity index (χ3n) is 3.00. The van der Waals surface area contributed by atoms with Crippen molar-refractivity contribution in [2.45, 2.75) is 18.7 Å². The summed E-state index contributed by atoms with van der Waals surface area (Å²) in [7, 11) is -1.47. The van der Waals surface area contributed by atoms with Gasteiger partial charge in [0.2, 0.25) is 10.0 Å². The first-order valence-corrected chi connectivity index (χ1v) is 8.46. The molecule has 0 unspecified atom stereocenters. The lowest BCUT2D eigenvalue weighted by atomic mass is 10.1. The third kappa shape index (κ3) is 5.34.